The second-order valence-electron chi connectivity index (χ2n) is 5.42. The van der Waals surface area contributed by atoms with Gasteiger partial charge in [-0.1, -0.05) is 0 Å². The molecule has 0 bridgehead atoms. The topological polar surface area (TPSA) is 35.5 Å². The molecule has 0 spiro atoms. The van der Waals surface area contributed by atoms with Crippen molar-refractivity contribution in [2.24, 2.45) is 0 Å². The highest BCUT2D eigenvalue weighted by molar-refractivity contribution is 5.71. The summed E-state index contributed by atoms with van der Waals surface area (Å²) in [5.41, 5.74) is -0.386. The van der Waals surface area contributed by atoms with Crippen LogP contribution in [0.25, 0.3) is 0 Å². The van der Waals surface area contributed by atoms with Crippen molar-refractivity contribution in [2.45, 2.75) is 26.4 Å². The largest absolute Gasteiger partial charge is 0.456 e. The molecule has 0 amide bonds. The van der Waals surface area contributed by atoms with Gasteiger partial charge in [0.15, 0.2) is 6.54 Å². The molecule has 0 aliphatic carbocycles. The van der Waals surface area contributed by atoms with Gasteiger partial charge in [0, 0.05) is 0 Å². The average molecular weight is 216 g/mol. The maximum absolute atomic E-state index is 11.7. The average Bonchev–Trinajstić information content (AvgIpc) is 1.99. The van der Waals surface area contributed by atoms with E-state index in [1.807, 2.05) is 20.8 Å². The zero-order valence-electron chi connectivity index (χ0n) is 10.2. The maximum Gasteiger partial charge on any atom is 0.362 e. The van der Waals surface area contributed by atoms with Gasteiger partial charge >= 0.3 is 5.97 Å². The van der Waals surface area contributed by atoms with E-state index in [2.05, 4.69) is 7.05 Å². The highest BCUT2D eigenvalue weighted by Gasteiger charge is 2.30. The van der Waals surface area contributed by atoms with Crippen LogP contribution >= 0.6 is 0 Å². The molecule has 0 unspecified atom stereocenters. The van der Waals surface area contributed by atoms with E-state index in [1.165, 1.54) is 0 Å². The Morgan fingerprint density at radius 2 is 1.87 bits per heavy atom. The fraction of sp³-hybridized carbons (Fsp3) is 0.909. The number of hydrogen-bond donors (Lipinski definition) is 0. The third-order valence-electron chi connectivity index (χ3n) is 2.48. The minimum absolute atomic E-state index is 0.119. The molecular weight excluding hydrogens is 194 g/mol. The molecule has 88 valence electrons. The molecule has 4 nitrogen and oxygen atoms in total. The Labute approximate surface area is 91.7 Å². The van der Waals surface area contributed by atoms with Crippen molar-refractivity contribution in [1.29, 1.82) is 0 Å². The Balaban J connectivity index is 2.42. The lowest BCUT2D eigenvalue weighted by Crippen LogP contribution is -2.55. The predicted octanol–water partition coefficient (Wildman–Crippen LogP) is 0.805. The van der Waals surface area contributed by atoms with Crippen LogP contribution in [0.4, 0.5) is 0 Å². The monoisotopic (exact) mass is 216 g/mol. The summed E-state index contributed by atoms with van der Waals surface area (Å²) in [5, 5.41) is 0. The van der Waals surface area contributed by atoms with Gasteiger partial charge in [0.2, 0.25) is 0 Å². The molecule has 0 radical (unpaired) electrons. The molecule has 1 aliphatic rings. The van der Waals surface area contributed by atoms with Crippen LogP contribution in [0.5, 0.6) is 0 Å². The number of quaternary nitrogens is 1. The summed E-state index contributed by atoms with van der Waals surface area (Å²) < 4.78 is 11.3. The van der Waals surface area contributed by atoms with Gasteiger partial charge in [-0.15, -0.1) is 0 Å². The highest BCUT2D eigenvalue weighted by atomic mass is 16.6. The van der Waals surface area contributed by atoms with Gasteiger partial charge in [0.25, 0.3) is 0 Å². The van der Waals surface area contributed by atoms with Crippen molar-refractivity contribution in [3.05, 3.63) is 0 Å². The van der Waals surface area contributed by atoms with Crippen LogP contribution < -0.4 is 0 Å². The van der Waals surface area contributed by atoms with E-state index in [1.54, 1.807) is 0 Å². The molecule has 0 N–H and O–H groups in total. The maximum atomic E-state index is 11.7. The number of likely N-dealkylation sites (N-methyl/N-ethyl adjacent to an activating group) is 1. The summed E-state index contributed by atoms with van der Waals surface area (Å²) in [6.07, 6.45) is 0. The Hall–Kier alpha value is -0.610. The minimum atomic E-state index is -0.386. The number of rotatable bonds is 2. The van der Waals surface area contributed by atoms with Gasteiger partial charge in [0.1, 0.15) is 18.7 Å². The third-order valence-corrected chi connectivity index (χ3v) is 2.48. The number of carbonyl (C=O) groups excluding carboxylic acids is 1. The minimum Gasteiger partial charge on any atom is -0.456 e. The molecule has 1 saturated heterocycles. The van der Waals surface area contributed by atoms with Crippen LogP contribution in [0.2, 0.25) is 0 Å². The number of esters is 1. The molecule has 1 rings (SSSR count). The number of ether oxygens (including phenoxy) is 2. The van der Waals surface area contributed by atoms with Crippen molar-refractivity contribution >= 4 is 5.97 Å². The summed E-state index contributed by atoms with van der Waals surface area (Å²) in [6, 6.07) is 0. The number of hydrogen-bond acceptors (Lipinski definition) is 3. The van der Waals surface area contributed by atoms with Gasteiger partial charge in [0.05, 0.1) is 20.3 Å². The van der Waals surface area contributed by atoms with E-state index in [0.29, 0.717) is 6.54 Å². The molecule has 0 aromatic heterocycles. The molecule has 15 heavy (non-hydrogen) atoms. The first-order valence-electron chi connectivity index (χ1n) is 5.44. The quantitative estimate of drug-likeness (QED) is 0.506. The second-order valence-corrected chi connectivity index (χ2v) is 5.42. The van der Waals surface area contributed by atoms with Crippen LogP contribution in [0.15, 0.2) is 0 Å². The van der Waals surface area contributed by atoms with Crippen molar-refractivity contribution in [3.8, 4) is 0 Å². The van der Waals surface area contributed by atoms with Gasteiger partial charge in [-0.3, -0.25) is 0 Å². The Bertz CT molecular complexity index is 226. The van der Waals surface area contributed by atoms with Crippen LogP contribution in [-0.4, -0.2) is 55.9 Å². The predicted molar refractivity (Wildman–Crippen MR) is 57.4 cm³/mol. The van der Waals surface area contributed by atoms with E-state index < -0.39 is 0 Å². The van der Waals surface area contributed by atoms with Crippen molar-refractivity contribution < 1.29 is 18.8 Å². The van der Waals surface area contributed by atoms with E-state index in [9.17, 15) is 4.79 Å². The molecule has 1 aliphatic heterocycles. The Morgan fingerprint density at radius 3 is 2.33 bits per heavy atom. The molecule has 0 atom stereocenters. The fourth-order valence-electron chi connectivity index (χ4n) is 1.63. The summed E-state index contributed by atoms with van der Waals surface area (Å²) in [4.78, 5) is 11.7. The lowest BCUT2D eigenvalue weighted by Gasteiger charge is -2.37. The van der Waals surface area contributed by atoms with Gasteiger partial charge in [-0.2, -0.15) is 0 Å². The molecule has 0 aromatic rings. The van der Waals surface area contributed by atoms with Crippen LogP contribution in [0.1, 0.15) is 20.8 Å². The molecule has 4 heteroatoms. The smallest absolute Gasteiger partial charge is 0.362 e. The number of morpholine rings is 1. The normalized spacial score (nSPS) is 21.1. The zero-order chi connectivity index (χ0) is 11.5. The first kappa shape index (κ1) is 12.5. The first-order chi connectivity index (χ1) is 6.81. The molecule has 1 fully saturated rings. The van der Waals surface area contributed by atoms with Crippen molar-refractivity contribution in [2.75, 3.05) is 39.9 Å². The fourth-order valence-corrected chi connectivity index (χ4v) is 1.63. The summed E-state index contributed by atoms with van der Waals surface area (Å²) in [5.74, 6) is -0.119. The third kappa shape index (κ3) is 4.62. The zero-order valence-corrected chi connectivity index (χ0v) is 10.2. The molecule has 1 heterocycles. The van der Waals surface area contributed by atoms with Crippen molar-refractivity contribution in [1.82, 2.24) is 0 Å². The van der Waals surface area contributed by atoms with Gasteiger partial charge in [-0.05, 0) is 20.8 Å². The van der Waals surface area contributed by atoms with Crippen LogP contribution in [-0.2, 0) is 14.3 Å². The van der Waals surface area contributed by atoms with Gasteiger partial charge in [-0.25, -0.2) is 4.79 Å². The standard InChI is InChI=1S/C11H22NO3/c1-11(2,3)15-10(13)9-12(4)5-7-14-8-6-12/h5-9H2,1-4H3/q+1. The lowest BCUT2D eigenvalue weighted by molar-refractivity contribution is -0.910. The highest BCUT2D eigenvalue weighted by Crippen LogP contribution is 2.11. The van der Waals surface area contributed by atoms with E-state index in [-0.39, 0.29) is 11.6 Å². The van der Waals surface area contributed by atoms with E-state index in [4.69, 9.17) is 9.47 Å². The summed E-state index contributed by atoms with van der Waals surface area (Å²) >= 11 is 0. The Kier molecular flexibility index (Phi) is 3.73. The summed E-state index contributed by atoms with van der Waals surface area (Å²) in [7, 11) is 2.08. The first-order valence-corrected chi connectivity index (χ1v) is 5.44. The van der Waals surface area contributed by atoms with E-state index in [0.717, 1.165) is 30.8 Å². The number of nitrogens with zero attached hydrogens (tertiary/aromatic N) is 1. The SMILES string of the molecule is CC(C)(C)OC(=O)C[N+]1(C)CCOCC1. The van der Waals surface area contributed by atoms with E-state index >= 15 is 0 Å². The van der Waals surface area contributed by atoms with Gasteiger partial charge < -0.3 is 14.0 Å². The molecule has 0 aromatic carbocycles. The van der Waals surface area contributed by atoms with Crippen LogP contribution in [0, 0.1) is 0 Å². The molecule has 0 saturated carbocycles. The molecular formula is C11H22NO3+. The second kappa shape index (κ2) is 4.49. The Morgan fingerprint density at radius 1 is 1.33 bits per heavy atom. The van der Waals surface area contributed by atoms with Crippen LogP contribution in [0.3, 0.4) is 0 Å². The number of carbonyl (C=O) groups is 1. The lowest BCUT2D eigenvalue weighted by atomic mass is 10.2. The van der Waals surface area contributed by atoms with Crippen molar-refractivity contribution in [3.63, 3.8) is 0 Å². The summed E-state index contributed by atoms with van der Waals surface area (Å²) in [6.45, 7) is 9.37.